The predicted octanol–water partition coefficient (Wildman–Crippen LogP) is 2.07. The van der Waals surface area contributed by atoms with Crippen molar-refractivity contribution in [2.24, 2.45) is 23.7 Å². The molecule has 0 aromatic heterocycles. The van der Waals surface area contributed by atoms with Crippen molar-refractivity contribution in [3.05, 3.63) is 24.3 Å². The zero-order valence-electron chi connectivity index (χ0n) is 10.8. The van der Waals surface area contributed by atoms with Gasteiger partial charge < -0.3 is 9.84 Å². The quantitative estimate of drug-likeness (QED) is 0.527. The minimum absolute atomic E-state index is 0.0981. The number of aliphatic hydroxyl groups excluding tert-OH is 1. The molecule has 1 heterocycles. The molecule has 1 saturated heterocycles. The van der Waals surface area contributed by atoms with Gasteiger partial charge in [-0.05, 0) is 25.2 Å². The highest BCUT2D eigenvalue weighted by atomic mass is 16.6. The fourth-order valence-electron chi connectivity index (χ4n) is 4.07. The van der Waals surface area contributed by atoms with Gasteiger partial charge in [0.05, 0.1) is 12.0 Å². The summed E-state index contributed by atoms with van der Waals surface area (Å²) in [6, 6.07) is 0. The molecule has 18 heavy (non-hydrogen) atoms. The lowest BCUT2D eigenvalue weighted by atomic mass is 9.79. The zero-order valence-corrected chi connectivity index (χ0v) is 10.8. The smallest absolute Gasteiger partial charge is 0.309 e. The molecule has 3 heteroatoms. The van der Waals surface area contributed by atoms with E-state index in [9.17, 15) is 9.90 Å². The van der Waals surface area contributed by atoms with E-state index in [2.05, 4.69) is 13.2 Å². The Kier molecular flexibility index (Phi) is 2.63. The summed E-state index contributed by atoms with van der Waals surface area (Å²) < 4.78 is 5.56. The van der Waals surface area contributed by atoms with Crippen LogP contribution in [-0.4, -0.2) is 23.3 Å². The second-order valence-electron chi connectivity index (χ2n) is 6.03. The third kappa shape index (κ3) is 1.50. The van der Waals surface area contributed by atoms with Crippen molar-refractivity contribution in [1.82, 2.24) is 0 Å². The highest BCUT2D eigenvalue weighted by Gasteiger charge is 2.54. The van der Waals surface area contributed by atoms with Gasteiger partial charge in [-0.15, -0.1) is 0 Å². The lowest BCUT2D eigenvalue weighted by Crippen LogP contribution is -2.35. The standard InChI is InChI=1S/C15H20O3/c1-7-4-5-10-8(2)6-11(16)13-9(3)15(17)18-14(13)12(7)10/h9-14,16H,1-2,4-6H2,3H3/t9-,10+,11-,12+,13-,14-/m1/s1. The van der Waals surface area contributed by atoms with E-state index in [-0.39, 0.29) is 29.8 Å². The summed E-state index contributed by atoms with van der Waals surface area (Å²) in [4.78, 5) is 11.8. The molecule has 0 bridgehead atoms. The molecule has 98 valence electrons. The molecule has 0 aromatic carbocycles. The first-order chi connectivity index (χ1) is 8.50. The van der Waals surface area contributed by atoms with Crippen molar-refractivity contribution in [2.75, 3.05) is 0 Å². The van der Waals surface area contributed by atoms with Crippen LogP contribution in [0.5, 0.6) is 0 Å². The number of rotatable bonds is 0. The third-order valence-electron chi connectivity index (χ3n) is 5.06. The normalized spacial score (nSPS) is 47.6. The maximum atomic E-state index is 11.8. The molecule has 0 unspecified atom stereocenters. The van der Waals surface area contributed by atoms with E-state index in [4.69, 9.17) is 4.74 Å². The summed E-state index contributed by atoms with van der Waals surface area (Å²) in [6.45, 7) is 10.1. The average molecular weight is 248 g/mol. The number of hydrogen-bond acceptors (Lipinski definition) is 3. The first kappa shape index (κ1) is 12.0. The van der Waals surface area contributed by atoms with Crippen LogP contribution in [0.25, 0.3) is 0 Å². The summed E-state index contributed by atoms with van der Waals surface area (Å²) in [5.41, 5.74) is 2.26. The number of carbonyl (C=O) groups excluding carboxylic acids is 1. The van der Waals surface area contributed by atoms with E-state index in [0.29, 0.717) is 12.3 Å². The molecular weight excluding hydrogens is 228 g/mol. The molecule has 2 aliphatic carbocycles. The summed E-state index contributed by atoms with van der Waals surface area (Å²) in [6.07, 6.45) is 1.91. The lowest BCUT2D eigenvalue weighted by Gasteiger charge is -2.27. The van der Waals surface area contributed by atoms with E-state index in [1.165, 1.54) is 0 Å². The van der Waals surface area contributed by atoms with Crippen molar-refractivity contribution in [3.8, 4) is 0 Å². The van der Waals surface area contributed by atoms with Crippen molar-refractivity contribution in [2.45, 2.75) is 38.4 Å². The van der Waals surface area contributed by atoms with Crippen LogP contribution in [0.15, 0.2) is 24.3 Å². The van der Waals surface area contributed by atoms with Crippen LogP contribution < -0.4 is 0 Å². The topological polar surface area (TPSA) is 46.5 Å². The van der Waals surface area contributed by atoms with Crippen LogP contribution in [0.3, 0.4) is 0 Å². The number of carbonyl (C=O) groups is 1. The second-order valence-corrected chi connectivity index (χ2v) is 6.03. The fraction of sp³-hybridized carbons (Fsp3) is 0.667. The maximum absolute atomic E-state index is 11.8. The van der Waals surface area contributed by atoms with E-state index < -0.39 is 6.10 Å². The first-order valence-electron chi connectivity index (χ1n) is 6.74. The van der Waals surface area contributed by atoms with Crippen molar-refractivity contribution in [1.29, 1.82) is 0 Å². The molecular formula is C15H20O3. The van der Waals surface area contributed by atoms with Gasteiger partial charge in [-0.25, -0.2) is 0 Å². The van der Waals surface area contributed by atoms with Crippen LogP contribution in [-0.2, 0) is 9.53 Å². The van der Waals surface area contributed by atoms with Crippen LogP contribution >= 0.6 is 0 Å². The monoisotopic (exact) mass is 248 g/mol. The Bertz CT molecular complexity index is 425. The Labute approximate surface area is 108 Å². The molecule has 3 rings (SSSR count). The van der Waals surface area contributed by atoms with Crippen molar-refractivity contribution >= 4 is 5.97 Å². The van der Waals surface area contributed by atoms with Crippen LogP contribution in [0.2, 0.25) is 0 Å². The Morgan fingerprint density at radius 3 is 2.78 bits per heavy atom. The van der Waals surface area contributed by atoms with E-state index in [1.807, 2.05) is 6.92 Å². The molecule has 0 aromatic rings. The molecule has 1 N–H and O–H groups in total. The second kappa shape index (κ2) is 3.95. The van der Waals surface area contributed by atoms with Gasteiger partial charge in [-0.2, -0.15) is 0 Å². The van der Waals surface area contributed by atoms with Gasteiger partial charge in [-0.3, -0.25) is 4.79 Å². The third-order valence-corrected chi connectivity index (χ3v) is 5.06. The highest BCUT2D eigenvalue weighted by Crippen LogP contribution is 2.52. The summed E-state index contributed by atoms with van der Waals surface area (Å²) in [7, 11) is 0. The molecule has 0 radical (unpaired) electrons. The molecule has 3 aliphatic rings. The van der Waals surface area contributed by atoms with E-state index in [1.54, 1.807) is 0 Å². The molecule has 0 amide bonds. The summed E-state index contributed by atoms with van der Waals surface area (Å²) in [5, 5.41) is 10.3. The maximum Gasteiger partial charge on any atom is 0.309 e. The Hall–Kier alpha value is -1.09. The molecule has 3 nitrogen and oxygen atoms in total. The number of ether oxygens (including phenoxy) is 1. The first-order valence-corrected chi connectivity index (χ1v) is 6.74. The summed E-state index contributed by atoms with van der Waals surface area (Å²) >= 11 is 0. The van der Waals surface area contributed by atoms with Crippen molar-refractivity contribution in [3.63, 3.8) is 0 Å². The van der Waals surface area contributed by atoms with Gasteiger partial charge in [-0.1, -0.05) is 31.2 Å². The number of fused-ring (bicyclic) bond motifs is 3. The highest BCUT2D eigenvalue weighted by molar-refractivity contribution is 5.75. The predicted molar refractivity (Wildman–Crippen MR) is 67.7 cm³/mol. The van der Waals surface area contributed by atoms with Crippen LogP contribution in [0.1, 0.15) is 26.2 Å². The molecule has 3 fully saturated rings. The largest absolute Gasteiger partial charge is 0.461 e. The van der Waals surface area contributed by atoms with E-state index >= 15 is 0 Å². The van der Waals surface area contributed by atoms with E-state index in [0.717, 1.165) is 24.0 Å². The summed E-state index contributed by atoms with van der Waals surface area (Å²) in [5.74, 6) is 0.0212. The Morgan fingerprint density at radius 1 is 1.33 bits per heavy atom. The lowest BCUT2D eigenvalue weighted by molar-refractivity contribution is -0.145. The van der Waals surface area contributed by atoms with Gasteiger partial charge in [0.15, 0.2) is 0 Å². The zero-order chi connectivity index (χ0) is 13.0. The average Bonchev–Trinajstić information content (AvgIpc) is 2.77. The SMILES string of the molecule is C=C1CC[C@H]2C(=C)C[C@@H](O)[C@@H]3[C@H](OC(=O)[C@@H]3C)[C@@H]12. The number of aliphatic hydroxyl groups is 1. The van der Waals surface area contributed by atoms with Gasteiger partial charge in [0.2, 0.25) is 0 Å². The van der Waals surface area contributed by atoms with Gasteiger partial charge in [0.25, 0.3) is 0 Å². The molecule has 0 spiro atoms. The minimum Gasteiger partial charge on any atom is -0.461 e. The molecule has 1 aliphatic heterocycles. The van der Waals surface area contributed by atoms with Crippen molar-refractivity contribution < 1.29 is 14.6 Å². The molecule has 2 saturated carbocycles. The Morgan fingerprint density at radius 2 is 2.06 bits per heavy atom. The minimum atomic E-state index is -0.512. The molecule has 6 atom stereocenters. The number of hydrogen-bond donors (Lipinski definition) is 1. The van der Waals surface area contributed by atoms with Crippen LogP contribution in [0, 0.1) is 23.7 Å². The Balaban J connectivity index is 2.02. The van der Waals surface area contributed by atoms with Gasteiger partial charge in [0.1, 0.15) is 6.10 Å². The van der Waals surface area contributed by atoms with Gasteiger partial charge >= 0.3 is 5.97 Å². The van der Waals surface area contributed by atoms with Gasteiger partial charge in [0, 0.05) is 11.8 Å². The fourth-order valence-corrected chi connectivity index (χ4v) is 4.07. The van der Waals surface area contributed by atoms with Crippen LogP contribution in [0.4, 0.5) is 0 Å². The number of esters is 1.